The van der Waals surface area contributed by atoms with E-state index in [1.807, 2.05) is 6.92 Å². The Balaban J connectivity index is 2.36. The monoisotopic (exact) mass is 262 g/mol. The second-order valence-corrected chi connectivity index (χ2v) is 4.17. The van der Waals surface area contributed by atoms with E-state index in [-0.39, 0.29) is 11.9 Å². The molecule has 2 N–H and O–H groups in total. The van der Waals surface area contributed by atoms with Crippen molar-refractivity contribution < 1.29 is 13.6 Å². The van der Waals surface area contributed by atoms with Crippen LogP contribution < -0.4 is 10.6 Å². The fourth-order valence-corrected chi connectivity index (χ4v) is 1.89. The number of rotatable bonds is 4. The maximum absolute atomic E-state index is 12.1. The van der Waals surface area contributed by atoms with E-state index in [0.717, 1.165) is 6.42 Å². The number of nitrogens with zero attached hydrogens (tertiary/aromatic N) is 2. The average Bonchev–Trinajstić information content (AvgIpc) is 2.81. The molecular weight excluding hydrogens is 242 g/mol. The number of carbonyl (C=O) groups excluding carboxylic acids is 1. The van der Waals surface area contributed by atoms with E-state index in [1.54, 1.807) is 4.90 Å². The molecule has 0 radical (unpaired) electrons. The number of amides is 1. The largest absolute Gasteiger partial charge is 0.352 e. The standard InChI is InChI=1S/C11H20F2N4O/c1-3-10(18)17-5-4-8(7-17)16-11(14-2)15-6-9(12)13/h8-9H,3-7H2,1-2H3,(H2,14,15,16). The highest BCUT2D eigenvalue weighted by Crippen LogP contribution is 2.10. The van der Waals surface area contributed by atoms with Crippen LogP contribution in [0, 0.1) is 0 Å². The summed E-state index contributed by atoms with van der Waals surface area (Å²) in [6, 6.07) is 0.0735. The smallest absolute Gasteiger partial charge is 0.255 e. The van der Waals surface area contributed by atoms with Gasteiger partial charge < -0.3 is 15.5 Å². The van der Waals surface area contributed by atoms with Gasteiger partial charge in [0.2, 0.25) is 5.91 Å². The summed E-state index contributed by atoms with van der Waals surface area (Å²) in [5.74, 6) is 0.473. The van der Waals surface area contributed by atoms with Crippen LogP contribution in [0.15, 0.2) is 4.99 Å². The van der Waals surface area contributed by atoms with Crippen molar-refractivity contribution in [2.24, 2.45) is 4.99 Å². The quantitative estimate of drug-likeness (QED) is 0.570. The molecule has 0 spiro atoms. The first-order chi connectivity index (χ1) is 8.56. The third kappa shape index (κ3) is 4.46. The molecular formula is C11H20F2N4O. The molecule has 1 saturated heterocycles. The van der Waals surface area contributed by atoms with Crippen molar-refractivity contribution in [3.05, 3.63) is 0 Å². The fraction of sp³-hybridized carbons (Fsp3) is 0.818. The highest BCUT2D eigenvalue weighted by molar-refractivity contribution is 5.80. The molecule has 1 unspecified atom stereocenters. The molecule has 1 atom stereocenters. The predicted molar refractivity (Wildman–Crippen MR) is 65.8 cm³/mol. The molecule has 7 heteroatoms. The van der Waals surface area contributed by atoms with Gasteiger partial charge >= 0.3 is 0 Å². The highest BCUT2D eigenvalue weighted by atomic mass is 19.3. The van der Waals surface area contributed by atoms with E-state index in [1.165, 1.54) is 7.05 Å². The minimum absolute atomic E-state index is 0.0735. The lowest BCUT2D eigenvalue weighted by Gasteiger charge is -2.18. The summed E-state index contributed by atoms with van der Waals surface area (Å²) in [5, 5.41) is 5.58. The molecule has 1 rings (SSSR count). The number of hydrogen-bond donors (Lipinski definition) is 2. The van der Waals surface area contributed by atoms with Crippen molar-refractivity contribution in [1.29, 1.82) is 0 Å². The van der Waals surface area contributed by atoms with E-state index in [0.29, 0.717) is 25.5 Å². The van der Waals surface area contributed by atoms with Gasteiger partial charge in [0.1, 0.15) is 0 Å². The molecule has 0 aromatic carbocycles. The van der Waals surface area contributed by atoms with Crippen LogP contribution in [0.5, 0.6) is 0 Å². The van der Waals surface area contributed by atoms with Gasteiger partial charge in [-0.25, -0.2) is 8.78 Å². The van der Waals surface area contributed by atoms with Gasteiger partial charge in [-0.3, -0.25) is 9.79 Å². The number of guanidine groups is 1. The third-order valence-electron chi connectivity index (χ3n) is 2.83. The van der Waals surface area contributed by atoms with Crippen molar-refractivity contribution in [1.82, 2.24) is 15.5 Å². The van der Waals surface area contributed by atoms with Crippen molar-refractivity contribution >= 4 is 11.9 Å². The zero-order valence-corrected chi connectivity index (χ0v) is 10.7. The predicted octanol–water partition coefficient (Wildman–Crippen LogP) is 0.427. The van der Waals surface area contributed by atoms with Crippen LogP contribution in [0.3, 0.4) is 0 Å². The van der Waals surface area contributed by atoms with Gasteiger partial charge in [-0.05, 0) is 6.42 Å². The first kappa shape index (κ1) is 14.7. The topological polar surface area (TPSA) is 56.7 Å². The van der Waals surface area contributed by atoms with Gasteiger partial charge in [-0.1, -0.05) is 6.92 Å². The fourth-order valence-electron chi connectivity index (χ4n) is 1.89. The van der Waals surface area contributed by atoms with Gasteiger partial charge in [-0.2, -0.15) is 0 Å². The molecule has 104 valence electrons. The molecule has 1 heterocycles. The van der Waals surface area contributed by atoms with Gasteiger partial charge in [0.15, 0.2) is 5.96 Å². The number of carbonyl (C=O) groups is 1. The Bertz CT molecular complexity index is 309. The lowest BCUT2D eigenvalue weighted by atomic mass is 10.3. The first-order valence-corrected chi connectivity index (χ1v) is 6.10. The second-order valence-electron chi connectivity index (χ2n) is 4.17. The molecule has 1 amide bonds. The summed E-state index contributed by atoms with van der Waals surface area (Å²) in [7, 11) is 1.53. The second kappa shape index (κ2) is 7.13. The van der Waals surface area contributed by atoms with E-state index in [2.05, 4.69) is 15.6 Å². The molecule has 1 aliphatic heterocycles. The van der Waals surface area contributed by atoms with Crippen molar-refractivity contribution in [3.8, 4) is 0 Å². The summed E-state index contributed by atoms with van der Waals surface area (Å²) < 4.78 is 24.1. The van der Waals surface area contributed by atoms with Gasteiger partial charge in [0, 0.05) is 32.6 Å². The van der Waals surface area contributed by atoms with Gasteiger partial charge in [0.05, 0.1) is 6.54 Å². The van der Waals surface area contributed by atoms with E-state index in [4.69, 9.17) is 0 Å². The number of likely N-dealkylation sites (tertiary alicyclic amines) is 1. The van der Waals surface area contributed by atoms with E-state index >= 15 is 0 Å². The molecule has 1 fully saturated rings. The molecule has 5 nitrogen and oxygen atoms in total. The highest BCUT2D eigenvalue weighted by Gasteiger charge is 2.25. The van der Waals surface area contributed by atoms with Gasteiger partial charge in [-0.15, -0.1) is 0 Å². The summed E-state index contributed by atoms with van der Waals surface area (Å²) in [6.45, 7) is 2.70. The molecule has 1 aliphatic rings. The SMILES string of the molecule is CCC(=O)N1CCC(NC(=NC)NCC(F)F)C1. The zero-order chi connectivity index (χ0) is 13.5. The van der Waals surface area contributed by atoms with Crippen LogP contribution in [0.1, 0.15) is 19.8 Å². The average molecular weight is 262 g/mol. The van der Waals surface area contributed by atoms with Crippen LogP contribution in [-0.2, 0) is 4.79 Å². The Labute approximate surface area is 106 Å². The minimum atomic E-state index is -2.41. The third-order valence-corrected chi connectivity index (χ3v) is 2.83. The Morgan fingerprint density at radius 3 is 2.83 bits per heavy atom. The first-order valence-electron chi connectivity index (χ1n) is 6.10. The summed E-state index contributed by atoms with van der Waals surface area (Å²) >= 11 is 0. The van der Waals surface area contributed by atoms with Gasteiger partial charge in [0.25, 0.3) is 6.43 Å². The van der Waals surface area contributed by atoms with Crippen molar-refractivity contribution in [3.63, 3.8) is 0 Å². The van der Waals surface area contributed by atoms with Crippen LogP contribution in [0.4, 0.5) is 8.78 Å². The zero-order valence-electron chi connectivity index (χ0n) is 10.7. The molecule has 18 heavy (non-hydrogen) atoms. The lowest BCUT2D eigenvalue weighted by Crippen LogP contribution is -2.46. The molecule has 0 aromatic rings. The van der Waals surface area contributed by atoms with Crippen LogP contribution >= 0.6 is 0 Å². The number of nitrogens with one attached hydrogen (secondary N) is 2. The van der Waals surface area contributed by atoms with E-state index < -0.39 is 13.0 Å². The minimum Gasteiger partial charge on any atom is -0.352 e. The molecule has 0 saturated carbocycles. The molecule has 0 aromatic heterocycles. The number of hydrogen-bond acceptors (Lipinski definition) is 2. The number of alkyl halides is 2. The van der Waals surface area contributed by atoms with Crippen LogP contribution in [0.2, 0.25) is 0 Å². The number of halogens is 2. The normalized spacial score (nSPS) is 20.4. The van der Waals surface area contributed by atoms with Crippen LogP contribution in [-0.4, -0.2) is 55.9 Å². The Kier molecular flexibility index (Phi) is 5.80. The maximum Gasteiger partial charge on any atom is 0.255 e. The summed E-state index contributed by atoms with van der Waals surface area (Å²) in [4.78, 5) is 17.1. The van der Waals surface area contributed by atoms with Crippen molar-refractivity contribution in [2.45, 2.75) is 32.2 Å². The maximum atomic E-state index is 12.1. The van der Waals surface area contributed by atoms with Crippen molar-refractivity contribution in [2.75, 3.05) is 26.7 Å². The Morgan fingerprint density at radius 1 is 1.56 bits per heavy atom. The molecule has 0 aliphatic carbocycles. The Hall–Kier alpha value is -1.40. The Morgan fingerprint density at radius 2 is 2.28 bits per heavy atom. The summed E-state index contributed by atoms with van der Waals surface area (Å²) in [5.41, 5.74) is 0. The summed E-state index contributed by atoms with van der Waals surface area (Å²) in [6.07, 6.45) is -1.11. The molecule has 0 bridgehead atoms. The van der Waals surface area contributed by atoms with E-state index in [9.17, 15) is 13.6 Å². The van der Waals surface area contributed by atoms with Crippen LogP contribution in [0.25, 0.3) is 0 Å². The lowest BCUT2D eigenvalue weighted by molar-refractivity contribution is -0.129. The number of aliphatic imine (C=N–C) groups is 1.